The van der Waals surface area contributed by atoms with Gasteiger partial charge in [0.25, 0.3) is 0 Å². The van der Waals surface area contributed by atoms with E-state index in [4.69, 9.17) is 0 Å². The number of carbonyl (C=O) groups is 1. The van der Waals surface area contributed by atoms with E-state index in [1.807, 2.05) is 11.0 Å². The van der Waals surface area contributed by atoms with Gasteiger partial charge in [0.15, 0.2) is 0 Å². The third-order valence-electron chi connectivity index (χ3n) is 4.10. The Morgan fingerprint density at radius 1 is 1.28 bits per heavy atom. The maximum atomic E-state index is 12.7. The van der Waals surface area contributed by atoms with Gasteiger partial charge in [-0.05, 0) is 30.3 Å². The number of benzene rings is 1. The van der Waals surface area contributed by atoms with Gasteiger partial charge < -0.3 is 10.2 Å². The van der Waals surface area contributed by atoms with Crippen molar-refractivity contribution in [2.75, 3.05) is 18.0 Å². The molecule has 0 aliphatic carbocycles. The van der Waals surface area contributed by atoms with Crippen molar-refractivity contribution in [3.63, 3.8) is 0 Å². The molecule has 2 aromatic rings. The van der Waals surface area contributed by atoms with E-state index in [1.54, 1.807) is 10.9 Å². The molecule has 0 radical (unpaired) electrons. The first-order valence-electron chi connectivity index (χ1n) is 7.75. The zero-order chi connectivity index (χ0) is 18.0. The Hall–Kier alpha value is -2.77. The number of hydrogen-bond donors (Lipinski definition) is 1. The van der Waals surface area contributed by atoms with Crippen LogP contribution in [-0.2, 0) is 17.5 Å². The van der Waals surface area contributed by atoms with Crippen molar-refractivity contribution in [1.29, 1.82) is 0 Å². The lowest BCUT2D eigenvalue weighted by Gasteiger charge is -2.35. The number of halogens is 3. The zero-order valence-electron chi connectivity index (χ0n) is 13.3. The lowest BCUT2D eigenvalue weighted by Crippen LogP contribution is -2.41. The van der Waals surface area contributed by atoms with Gasteiger partial charge >= 0.3 is 6.18 Å². The minimum Gasteiger partial charge on any atom is -0.352 e. The summed E-state index contributed by atoms with van der Waals surface area (Å²) in [5.74, 6) is 0.622. The molecule has 0 fully saturated rings. The highest BCUT2D eigenvalue weighted by Crippen LogP contribution is 2.34. The normalized spacial score (nSPS) is 17.1. The number of carbonyl (C=O) groups excluding carboxylic acids is 1. The third-order valence-corrected chi connectivity index (χ3v) is 4.10. The van der Waals surface area contributed by atoms with E-state index in [9.17, 15) is 18.0 Å². The van der Waals surface area contributed by atoms with Gasteiger partial charge in [-0.2, -0.15) is 18.3 Å². The second-order valence-electron chi connectivity index (χ2n) is 5.84. The summed E-state index contributed by atoms with van der Waals surface area (Å²) in [6, 6.07) is 6.85. The van der Waals surface area contributed by atoms with Gasteiger partial charge in [-0.1, -0.05) is 6.58 Å². The van der Waals surface area contributed by atoms with Crippen LogP contribution in [0.1, 0.15) is 5.56 Å². The number of nitrogens with zero attached hydrogens (tertiary/aromatic N) is 3. The maximum absolute atomic E-state index is 12.7. The molecular weight excluding hydrogens is 333 g/mol. The van der Waals surface area contributed by atoms with Crippen LogP contribution in [0.3, 0.4) is 0 Å². The van der Waals surface area contributed by atoms with Crippen LogP contribution < -0.4 is 10.2 Å². The number of nitrogens with one attached hydrogen (secondary N) is 1. The third kappa shape index (κ3) is 3.67. The largest absolute Gasteiger partial charge is 0.416 e. The first-order valence-corrected chi connectivity index (χ1v) is 7.75. The minimum atomic E-state index is -4.36. The highest BCUT2D eigenvalue weighted by molar-refractivity contribution is 5.86. The van der Waals surface area contributed by atoms with E-state index in [0.29, 0.717) is 25.3 Å². The van der Waals surface area contributed by atoms with Gasteiger partial charge in [0.2, 0.25) is 5.91 Å². The summed E-state index contributed by atoms with van der Waals surface area (Å²) >= 11 is 0. The smallest absolute Gasteiger partial charge is 0.352 e. The van der Waals surface area contributed by atoms with Crippen molar-refractivity contribution < 1.29 is 18.0 Å². The molecule has 3 rings (SSSR count). The lowest BCUT2D eigenvalue weighted by atomic mass is 10.1. The number of fused-ring (bicyclic) bond motifs is 1. The van der Waals surface area contributed by atoms with Gasteiger partial charge in [-0.15, -0.1) is 0 Å². The van der Waals surface area contributed by atoms with Crippen LogP contribution in [0, 0.1) is 5.92 Å². The molecule has 1 N–H and O–H groups in total. The molecule has 1 aliphatic rings. The molecule has 132 valence electrons. The molecule has 0 bridgehead atoms. The van der Waals surface area contributed by atoms with Gasteiger partial charge in [0, 0.05) is 37.3 Å². The van der Waals surface area contributed by atoms with Crippen LogP contribution in [0.25, 0.3) is 0 Å². The van der Waals surface area contributed by atoms with Gasteiger partial charge in [-0.3, -0.25) is 4.79 Å². The van der Waals surface area contributed by atoms with Crippen molar-refractivity contribution in [2.45, 2.75) is 12.7 Å². The monoisotopic (exact) mass is 350 g/mol. The molecule has 2 heterocycles. The first-order chi connectivity index (χ1) is 11.9. The van der Waals surface area contributed by atoms with Gasteiger partial charge in [0.1, 0.15) is 5.82 Å². The second-order valence-corrected chi connectivity index (χ2v) is 5.84. The number of alkyl halides is 3. The average molecular weight is 350 g/mol. The molecule has 5 nitrogen and oxygen atoms in total. The Kier molecular flexibility index (Phi) is 4.52. The molecule has 1 atom stereocenters. The van der Waals surface area contributed by atoms with E-state index in [-0.39, 0.29) is 11.8 Å². The van der Waals surface area contributed by atoms with Crippen LogP contribution in [0.15, 0.2) is 49.2 Å². The Labute approximate surface area is 142 Å². The molecule has 1 aliphatic heterocycles. The quantitative estimate of drug-likeness (QED) is 0.863. The number of rotatable bonds is 4. The van der Waals surface area contributed by atoms with E-state index >= 15 is 0 Å². The SMILES string of the molecule is C=CC(=O)NC[C@H]1CN(c2ccc(C(F)(F)F)cc2)c2ccnn2C1. The fourth-order valence-electron chi connectivity index (χ4n) is 2.86. The van der Waals surface area contributed by atoms with E-state index in [1.165, 1.54) is 18.2 Å². The summed E-state index contributed by atoms with van der Waals surface area (Å²) in [4.78, 5) is 13.3. The second kappa shape index (κ2) is 6.62. The summed E-state index contributed by atoms with van der Waals surface area (Å²) in [5, 5.41) is 7.00. The van der Waals surface area contributed by atoms with E-state index < -0.39 is 11.7 Å². The molecule has 0 spiro atoms. The maximum Gasteiger partial charge on any atom is 0.416 e. The molecule has 1 aromatic heterocycles. The first kappa shape index (κ1) is 17.1. The molecular formula is C17H17F3N4O. The highest BCUT2D eigenvalue weighted by atomic mass is 19.4. The van der Waals surface area contributed by atoms with E-state index in [0.717, 1.165) is 18.0 Å². The van der Waals surface area contributed by atoms with Crippen molar-refractivity contribution >= 4 is 17.4 Å². The number of amides is 1. The molecule has 8 heteroatoms. The highest BCUT2D eigenvalue weighted by Gasteiger charge is 2.31. The Morgan fingerprint density at radius 2 is 2.00 bits per heavy atom. The molecule has 0 unspecified atom stereocenters. The van der Waals surface area contributed by atoms with Crippen molar-refractivity contribution in [2.24, 2.45) is 5.92 Å². The average Bonchev–Trinajstić information content (AvgIpc) is 3.06. The molecule has 0 saturated heterocycles. The van der Waals surface area contributed by atoms with Crippen LogP contribution in [-0.4, -0.2) is 28.8 Å². The van der Waals surface area contributed by atoms with Gasteiger partial charge in [-0.25, -0.2) is 4.68 Å². The molecule has 1 aromatic carbocycles. The molecule has 25 heavy (non-hydrogen) atoms. The summed E-state index contributed by atoms with van der Waals surface area (Å²) in [6.07, 6.45) is -1.51. The molecule has 0 saturated carbocycles. The number of aromatic nitrogens is 2. The van der Waals surface area contributed by atoms with Crippen LogP contribution in [0.2, 0.25) is 0 Å². The summed E-state index contributed by atoms with van der Waals surface area (Å²) < 4.78 is 40.0. The Balaban J connectivity index is 1.82. The summed E-state index contributed by atoms with van der Waals surface area (Å²) in [7, 11) is 0. The van der Waals surface area contributed by atoms with Crippen molar-refractivity contribution in [3.05, 3.63) is 54.7 Å². The Morgan fingerprint density at radius 3 is 2.64 bits per heavy atom. The van der Waals surface area contributed by atoms with Crippen molar-refractivity contribution in [3.8, 4) is 0 Å². The standard InChI is InChI=1S/C17H17F3N4O/c1-2-15(25)21-9-12-10-23(16-7-8-22-24(16)11-12)14-5-3-13(4-6-14)17(18,19)20/h2-8,12H,1,9-11H2,(H,21,25)/t12-/m0/s1. The lowest BCUT2D eigenvalue weighted by molar-refractivity contribution is -0.137. The van der Waals surface area contributed by atoms with Crippen LogP contribution in [0.4, 0.5) is 24.7 Å². The summed E-state index contributed by atoms with van der Waals surface area (Å²) in [5.41, 5.74) is -0.0361. The summed E-state index contributed by atoms with van der Waals surface area (Å²) in [6.45, 7) is 5.03. The molecule has 1 amide bonds. The predicted molar refractivity (Wildman–Crippen MR) is 87.4 cm³/mol. The topological polar surface area (TPSA) is 50.2 Å². The Bertz CT molecular complexity index is 767. The van der Waals surface area contributed by atoms with E-state index in [2.05, 4.69) is 17.0 Å². The minimum absolute atomic E-state index is 0.0681. The van der Waals surface area contributed by atoms with Crippen LogP contribution >= 0.6 is 0 Å². The predicted octanol–water partition coefficient (Wildman–Crippen LogP) is 2.97. The fourth-order valence-corrected chi connectivity index (χ4v) is 2.86. The zero-order valence-corrected chi connectivity index (χ0v) is 13.3. The fraction of sp³-hybridized carbons (Fsp3) is 0.294. The van der Waals surface area contributed by atoms with Crippen molar-refractivity contribution in [1.82, 2.24) is 15.1 Å². The van der Waals surface area contributed by atoms with Gasteiger partial charge in [0.05, 0.1) is 11.8 Å². The number of anilines is 2. The van der Waals surface area contributed by atoms with Crippen LogP contribution in [0.5, 0.6) is 0 Å². The number of hydrogen-bond acceptors (Lipinski definition) is 3.